The number of benzene rings is 2. The molecule has 134 valence electrons. The molecule has 1 heterocycles. The first-order valence-corrected chi connectivity index (χ1v) is 8.64. The fraction of sp³-hybridized carbons (Fsp3) is 0.211. The van der Waals surface area contributed by atoms with Crippen LogP contribution in [0.25, 0.3) is 0 Å². The van der Waals surface area contributed by atoms with Gasteiger partial charge < -0.3 is 5.32 Å². The molecule has 0 aromatic heterocycles. The third kappa shape index (κ3) is 4.40. The van der Waals surface area contributed by atoms with Crippen LogP contribution < -0.4 is 16.2 Å². The lowest BCUT2D eigenvalue weighted by Crippen LogP contribution is -2.42. The minimum absolute atomic E-state index is 0.0818. The molecule has 1 atom stereocenters. The Hall–Kier alpha value is -2.86. The number of fused-ring (bicyclic) bond motifs is 1. The van der Waals surface area contributed by atoms with E-state index in [9.17, 15) is 14.4 Å². The second-order valence-corrected chi connectivity index (χ2v) is 6.53. The first-order valence-electron chi connectivity index (χ1n) is 8.26. The summed E-state index contributed by atoms with van der Waals surface area (Å²) in [5.41, 5.74) is 6.99. The van der Waals surface area contributed by atoms with Gasteiger partial charge in [-0.3, -0.25) is 25.2 Å². The molecule has 2 aromatic rings. The number of para-hydroxylation sites is 1. The van der Waals surface area contributed by atoms with E-state index in [4.69, 9.17) is 11.6 Å². The summed E-state index contributed by atoms with van der Waals surface area (Å²) < 4.78 is 0. The maximum atomic E-state index is 12.1. The summed E-state index contributed by atoms with van der Waals surface area (Å²) in [5.74, 6) is -1.12. The Balaban J connectivity index is 1.46. The van der Waals surface area contributed by atoms with Gasteiger partial charge in [0.05, 0.1) is 0 Å². The van der Waals surface area contributed by atoms with E-state index in [2.05, 4.69) is 16.2 Å². The van der Waals surface area contributed by atoms with E-state index >= 15 is 0 Å². The maximum absolute atomic E-state index is 12.1. The van der Waals surface area contributed by atoms with Gasteiger partial charge in [0, 0.05) is 28.6 Å². The van der Waals surface area contributed by atoms with Crippen molar-refractivity contribution in [3.63, 3.8) is 0 Å². The van der Waals surface area contributed by atoms with Crippen molar-refractivity contribution in [3.05, 3.63) is 64.7 Å². The van der Waals surface area contributed by atoms with Crippen LogP contribution in [0.15, 0.2) is 48.5 Å². The molecule has 3 N–H and O–H groups in total. The first kappa shape index (κ1) is 17.9. The summed E-state index contributed by atoms with van der Waals surface area (Å²) in [7, 11) is 0. The molecule has 1 aliphatic heterocycles. The number of hydrogen-bond donors (Lipinski definition) is 3. The molecule has 26 heavy (non-hydrogen) atoms. The highest BCUT2D eigenvalue weighted by molar-refractivity contribution is 6.30. The van der Waals surface area contributed by atoms with Gasteiger partial charge in [-0.1, -0.05) is 29.8 Å². The minimum atomic E-state index is -0.431. The van der Waals surface area contributed by atoms with E-state index in [0.29, 0.717) is 23.4 Å². The minimum Gasteiger partial charge on any atom is -0.326 e. The number of amides is 3. The number of carbonyl (C=O) groups is 3. The van der Waals surface area contributed by atoms with Crippen molar-refractivity contribution >= 4 is 35.0 Å². The van der Waals surface area contributed by atoms with Gasteiger partial charge in [-0.15, -0.1) is 0 Å². The van der Waals surface area contributed by atoms with Crippen LogP contribution in [0.1, 0.15) is 28.8 Å². The van der Waals surface area contributed by atoms with Crippen molar-refractivity contribution in [1.29, 1.82) is 0 Å². The SMILES string of the molecule is O=C(CCC1Cc2ccccc2NC1=O)NNC(=O)c1ccc(Cl)cc1. The normalized spacial score (nSPS) is 15.6. The molecule has 1 unspecified atom stereocenters. The molecule has 0 bridgehead atoms. The molecule has 1 aliphatic rings. The van der Waals surface area contributed by atoms with Crippen molar-refractivity contribution in [2.24, 2.45) is 5.92 Å². The third-order valence-electron chi connectivity index (χ3n) is 4.25. The summed E-state index contributed by atoms with van der Waals surface area (Å²) in [5, 5.41) is 3.38. The smallest absolute Gasteiger partial charge is 0.269 e. The lowest BCUT2D eigenvalue weighted by molar-refractivity contribution is -0.123. The zero-order valence-corrected chi connectivity index (χ0v) is 14.7. The number of hydrazine groups is 1. The van der Waals surface area contributed by atoms with E-state index in [-0.39, 0.29) is 24.2 Å². The number of rotatable bonds is 4. The van der Waals surface area contributed by atoms with Gasteiger partial charge in [0.25, 0.3) is 5.91 Å². The highest BCUT2D eigenvalue weighted by Gasteiger charge is 2.26. The summed E-state index contributed by atoms with van der Waals surface area (Å²) in [6.07, 6.45) is 1.15. The second kappa shape index (κ2) is 8.01. The summed E-state index contributed by atoms with van der Waals surface area (Å²) in [6.45, 7) is 0. The van der Waals surface area contributed by atoms with Crippen molar-refractivity contribution in [2.75, 3.05) is 5.32 Å². The highest BCUT2D eigenvalue weighted by atomic mass is 35.5. The van der Waals surface area contributed by atoms with Gasteiger partial charge in [0.2, 0.25) is 11.8 Å². The zero-order valence-electron chi connectivity index (χ0n) is 13.9. The Kier molecular flexibility index (Phi) is 5.53. The number of halogens is 1. The highest BCUT2D eigenvalue weighted by Crippen LogP contribution is 2.27. The van der Waals surface area contributed by atoms with Gasteiger partial charge >= 0.3 is 0 Å². The van der Waals surface area contributed by atoms with Crippen LogP contribution in [-0.4, -0.2) is 17.7 Å². The van der Waals surface area contributed by atoms with Gasteiger partial charge in [0.1, 0.15) is 0 Å². The van der Waals surface area contributed by atoms with Gasteiger partial charge in [0.15, 0.2) is 0 Å². The monoisotopic (exact) mass is 371 g/mol. The molecule has 0 radical (unpaired) electrons. The molecule has 3 amide bonds. The average molecular weight is 372 g/mol. The Bertz CT molecular complexity index is 836. The lowest BCUT2D eigenvalue weighted by atomic mass is 9.89. The molecule has 3 rings (SSSR count). The van der Waals surface area contributed by atoms with Crippen LogP contribution in [0.5, 0.6) is 0 Å². The van der Waals surface area contributed by atoms with Crippen LogP contribution in [0, 0.1) is 5.92 Å². The summed E-state index contributed by atoms with van der Waals surface area (Å²) >= 11 is 5.77. The summed E-state index contributed by atoms with van der Waals surface area (Å²) in [6, 6.07) is 13.9. The first-order chi connectivity index (χ1) is 12.5. The predicted molar refractivity (Wildman–Crippen MR) is 98.6 cm³/mol. The standard InChI is InChI=1S/C19H18ClN3O3/c20-15-8-5-12(6-9-15)19(26)23-22-17(24)10-7-14-11-13-3-1-2-4-16(13)21-18(14)25/h1-6,8-9,14H,7,10-11H2,(H,21,25)(H,22,24)(H,23,26). The van der Waals surface area contributed by atoms with E-state index in [1.165, 1.54) is 0 Å². The number of anilines is 1. The number of hydrogen-bond acceptors (Lipinski definition) is 3. The molecule has 0 spiro atoms. The Morgan fingerprint density at radius 3 is 2.58 bits per heavy atom. The van der Waals surface area contributed by atoms with Gasteiger partial charge in [-0.2, -0.15) is 0 Å². The van der Waals surface area contributed by atoms with Crippen molar-refractivity contribution in [3.8, 4) is 0 Å². The molecule has 2 aromatic carbocycles. The Morgan fingerprint density at radius 2 is 1.81 bits per heavy atom. The molecule has 0 fully saturated rings. The summed E-state index contributed by atoms with van der Waals surface area (Å²) in [4.78, 5) is 36.0. The van der Waals surface area contributed by atoms with Crippen molar-refractivity contribution in [2.45, 2.75) is 19.3 Å². The average Bonchev–Trinajstić information content (AvgIpc) is 2.65. The van der Waals surface area contributed by atoms with E-state index in [1.54, 1.807) is 24.3 Å². The van der Waals surface area contributed by atoms with Crippen LogP contribution in [0.2, 0.25) is 5.02 Å². The predicted octanol–water partition coefficient (Wildman–Crippen LogP) is 2.69. The van der Waals surface area contributed by atoms with Crippen LogP contribution in [0.3, 0.4) is 0 Å². The van der Waals surface area contributed by atoms with Crippen molar-refractivity contribution < 1.29 is 14.4 Å². The van der Waals surface area contributed by atoms with E-state index in [1.807, 2.05) is 24.3 Å². The van der Waals surface area contributed by atoms with Crippen LogP contribution in [-0.2, 0) is 16.0 Å². The largest absolute Gasteiger partial charge is 0.326 e. The van der Waals surface area contributed by atoms with Crippen molar-refractivity contribution in [1.82, 2.24) is 10.9 Å². The van der Waals surface area contributed by atoms with Crippen LogP contribution in [0.4, 0.5) is 5.69 Å². The molecule has 6 nitrogen and oxygen atoms in total. The third-order valence-corrected chi connectivity index (χ3v) is 4.51. The Morgan fingerprint density at radius 1 is 1.08 bits per heavy atom. The van der Waals surface area contributed by atoms with Gasteiger partial charge in [-0.25, -0.2) is 0 Å². The lowest BCUT2D eigenvalue weighted by Gasteiger charge is -2.24. The fourth-order valence-electron chi connectivity index (χ4n) is 2.81. The zero-order chi connectivity index (χ0) is 18.5. The van der Waals surface area contributed by atoms with E-state index < -0.39 is 5.91 Å². The maximum Gasteiger partial charge on any atom is 0.269 e. The fourth-order valence-corrected chi connectivity index (χ4v) is 2.94. The number of nitrogens with one attached hydrogen (secondary N) is 3. The molecule has 0 saturated carbocycles. The van der Waals surface area contributed by atoms with Crippen LogP contribution >= 0.6 is 11.6 Å². The molecule has 0 saturated heterocycles. The molecular weight excluding hydrogens is 354 g/mol. The van der Waals surface area contributed by atoms with Gasteiger partial charge in [-0.05, 0) is 48.7 Å². The second-order valence-electron chi connectivity index (χ2n) is 6.10. The topological polar surface area (TPSA) is 87.3 Å². The molecule has 7 heteroatoms. The molecule has 0 aliphatic carbocycles. The quantitative estimate of drug-likeness (QED) is 0.722. The van der Waals surface area contributed by atoms with E-state index in [0.717, 1.165) is 11.3 Å². The Labute approximate surface area is 155 Å². The number of carbonyl (C=O) groups excluding carboxylic acids is 3. The molecular formula is C19H18ClN3O3.